The Morgan fingerprint density at radius 2 is 2.40 bits per heavy atom. The van der Waals surface area contributed by atoms with E-state index in [0.29, 0.717) is 0 Å². The van der Waals surface area contributed by atoms with Crippen LogP contribution in [0.15, 0.2) is 0 Å². The van der Waals surface area contributed by atoms with Gasteiger partial charge >= 0.3 is 0 Å². The zero-order valence-corrected chi connectivity index (χ0v) is 3.57. The van der Waals surface area contributed by atoms with E-state index in [2.05, 4.69) is 6.92 Å². The molecule has 0 atom stereocenters. The van der Waals surface area contributed by atoms with Crippen molar-refractivity contribution in [3.8, 4) is 0 Å². The van der Waals surface area contributed by atoms with Crippen LogP contribution >= 0.6 is 0 Å². The fourth-order valence-electron chi connectivity index (χ4n) is 0.167. The van der Waals surface area contributed by atoms with Crippen LogP contribution in [-0.2, 0) is 0 Å². The lowest BCUT2D eigenvalue weighted by molar-refractivity contribution is 1.00. The normalized spacial score (nSPS) is 8.40. The summed E-state index contributed by atoms with van der Waals surface area (Å²) in [6, 6.07) is 0. The number of hydrogen-bond donors (Lipinski definition) is 1. The average molecular weight is 72.1 g/mol. The van der Waals surface area contributed by atoms with E-state index in [1.807, 2.05) is 6.42 Å². The van der Waals surface area contributed by atoms with Crippen molar-refractivity contribution in [3.63, 3.8) is 0 Å². The quantitative estimate of drug-likeness (QED) is 0.506. The Kier molecular flexibility index (Phi) is 3.93. The topological polar surface area (TPSA) is 26.0 Å². The highest BCUT2D eigenvalue weighted by Crippen LogP contribution is 1.74. The van der Waals surface area contributed by atoms with Crippen LogP contribution in [0, 0.1) is 6.42 Å². The van der Waals surface area contributed by atoms with Gasteiger partial charge in [0.1, 0.15) is 0 Å². The molecule has 0 amide bonds. The van der Waals surface area contributed by atoms with Crippen molar-refractivity contribution in [2.45, 2.75) is 13.3 Å². The van der Waals surface area contributed by atoms with Crippen molar-refractivity contribution in [3.05, 3.63) is 6.42 Å². The summed E-state index contributed by atoms with van der Waals surface area (Å²) < 4.78 is 0. The van der Waals surface area contributed by atoms with Gasteiger partial charge < -0.3 is 5.73 Å². The zero-order chi connectivity index (χ0) is 4.12. The molecule has 0 fully saturated rings. The molecule has 31 valence electrons. The standard InChI is InChI=1S/C4H10N/c1-2-3-4-5/h3H,2,4-5H2,1H3. The molecule has 0 heterocycles. The molecule has 1 heteroatoms. The van der Waals surface area contributed by atoms with E-state index >= 15 is 0 Å². The van der Waals surface area contributed by atoms with E-state index in [1.165, 1.54) is 0 Å². The maximum atomic E-state index is 5.08. The lowest BCUT2D eigenvalue weighted by Crippen LogP contribution is -1.96. The predicted molar refractivity (Wildman–Crippen MR) is 23.6 cm³/mol. The fraction of sp³-hybridized carbons (Fsp3) is 0.750. The van der Waals surface area contributed by atoms with Crippen molar-refractivity contribution in [2.75, 3.05) is 6.54 Å². The molecule has 0 aliphatic carbocycles. The van der Waals surface area contributed by atoms with Gasteiger partial charge in [0.25, 0.3) is 0 Å². The van der Waals surface area contributed by atoms with Gasteiger partial charge in [-0.05, 0) is 13.0 Å². The van der Waals surface area contributed by atoms with Crippen LogP contribution in [0.25, 0.3) is 0 Å². The summed E-state index contributed by atoms with van der Waals surface area (Å²) in [4.78, 5) is 0. The van der Waals surface area contributed by atoms with E-state index in [-0.39, 0.29) is 0 Å². The molecule has 0 aliphatic rings. The van der Waals surface area contributed by atoms with Gasteiger partial charge in [-0.15, -0.1) is 0 Å². The Labute approximate surface area is 33.2 Å². The minimum absolute atomic E-state index is 0.719. The maximum Gasteiger partial charge on any atom is -0.00458 e. The van der Waals surface area contributed by atoms with Crippen LogP contribution in [0.2, 0.25) is 0 Å². The Morgan fingerprint density at radius 1 is 1.80 bits per heavy atom. The molecule has 0 spiro atoms. The summed E-state index contributed by atoms with van der Waals surface area (Å²) in [5, 5.41) is 0. The van der Waals surface area contributed by atoms with Gasteiger partial charge in [-0.1, -0.05) is 13.3 Å². The van der Waals surface area contributed by atoms with E-state index < -0.39 is 0 Å². The lowest BCUT2D eigenvalue weighted by Gasteiger charge is -1.79. The summed E-state index contributed by atoms with van der Waals surface area (Å²) in [6.07, 6.45) is 3.12. The summed E-state index contributed by atoms with van der Waals surface area (Å²) in [5.41, 5.74) is 5.08. The van der Waals surface area contributed by atoms with Crippen LogP contribution in [0.1, 0.15) is 13.3 Å². The molecule has 1 radical (unpaired) electrons. The first-order valence-corrected chi connectivity index (χ1v) is 1.93. The second-order valence-electron chi connectivity index (χ2n) is 0.933. The van der Waals surface area contributed by atoms with Gasteiger partial charge in [-0.3, -0.25) is 0 Å². The van der Waals surface area contributed by atoms with Crippen molar-refractivity contribution in [1.29, 1.82) is 0 Å². The summed E-state index contributed by atoms with van der Waals surface area (Å²) in [7, 11) is 0. The number of rotatable bonds is 2. The molecular formula is C4H10N. The monoisotopic (exact) mass is 72.1 g/mol. The Balaban J connectivity index is 2.19. The molecule has 0 bridgehead atoms. The number of hydrogen-bond acceptors (Lipinski definition) is 1. The highest BCUT2D eigenvalue weighted by atomic mass is 14.5. The largest absolute Gasteiger partial charge is 0.330 e. The van der Waals surface area contributed by atoms with Gasteiger partial charge in [-0.25, -0.2) is 0 Å². The molecule has 0 aromatic carbocycles. The van der Waals surface area contributed by atoms with E-state index in [0.717, 1.165) is 13.0 Å². The first-order valence-electron chi connectivity index (χ1n) is 1.93. The Bertz CT molecular complexity index is 11.1. The first-order chi connectivity index (χ1) is 2.41. The van der Waals surface area contributed by atoms with Crippen molar-refractivity contribution >= 4 is 0 Å². The first kappa shape index (κ1) is 4.96. The van der Waals surface area contributed by atoms with E-state index in [9.17, 15) is 0 Å². The van der Waals surface area contributed by atoms with E-state index in [4.69, 9.17) is 5.73 Å². The van der Waals surface area contributed by atoms with Crippen molar-refractivity contribution in [2.24, 2.45) is 5.73 Å². The van der Waals surface area contributed by atoms with Crippen LogP contribution in [0.3, 0.4) is 0 Å². The Morgan fingerprint density at radius 3 is 2.40 bits per heavy atom. The van der Waals surface area contributed by atoms with Gasteiger partial charge in [0, 0.05) is 0 Å². The van der Waals surface area contributed by atoms with Gasteiger partial charge in [-0.2, -0.15) is 0 Å². The smallest absolute Gasteiger partial charge is 0.00458 e. The third-order valence-corrected chi connectivity index (χ3v) is 0.455. The molecule has 0 aromatic rings. The summed E-state index contributed by atoms with van der Waals surface area (Å²) >= 11 is 0. The van der Waals surface area contributed by atoms with Gasteiger partial charge in [0.2, 0.25) is 0 Å². The zero-order valence-electron chi connectivity index (χ0n) is 3.57. The fourth-order valence-corrected chi connectivity index (χ4v) is 0.167. The highest BCUT2D eigenvalue weighted by Gasteiger charge is 1.68. The minimum Gasteiger partial charge on any atom is -0.330 e. The van der Waals surface area contributed by atoms with Crippen molar-refractivity contribution < 1.29 is 0 Å². The van der Waals surface area contributed by atoms with Crippen LogP contribution < -0.4 is 5.73 Å². The number of unbranched alkanes of at least 4 members (excludes halogenated alkanes) is 1. The molecule has 0 aliphatic heterocycles. The highest BCUT2D eigenvalue weighted by molar-refractivity contribution is 4.58. The molecule has 0 aromatic heterocycles. The Hall–Kier alpha value is -0.0400. The SMILES string of the molecule is CC[CH]CN. The van der Waals surface area contributed by atoms with Crippen LogP contribution in [-0.4, -0.2) is 6.54 Å². The summed E-state index contributed by atoms with van der Waals surface area (Å²) in [6.45, 7) is 2.80. The third-order valence-electron chi connectivity index (χ3n) is 0.455. The molecule has 1 nitrogen and oxygen atoms in total. The van der Waals surface area contributed by atoms with Crippen LogP contribution in [0.4, 0.5) is 0 Å². The second kappa shape index (κ2) is 3.96. The lowest BCUT2D eigenvalue weighted by atomic mass is 10.3. The molecule has 0 unspecified atom stereocenters. The van der Waals surface area contributed by atoms with E-state index in [1.54, 1.807) is 0 Å². The third kappa shape index (κ3) is 3.96. The second-order valence-corrected chi connectivity index (χ2v) is 0.933. The molecular weight excluding hydrogens is 62.1 g/mol. The average Bonchev–Trinajstić information content (AvgIpc) is 1.41. The molecule has 5 heavy (non-hydrogen) atoms. The minimum atomic E-state index is 0.719. The molecule has 2 N–H and O–H groups in total. The van der Waals surface area contributed by atoms with Crippen molar-refractivity contribution in [1.82, 2.24) is 0 Å². The molecule has 0 rings (SSSR count). The number of nitrogens with two attached hydrogens (primary N) is 1. The summed E-state index contributed by atoms with van der Waals surface area (Å²) in [5.74, 6) is 0. The molecule has 0 saturated carbocycles. The van der Waals surface area contributed by atoms with Gasteiger partial charge in [0.15, 0.2) is 0 Å². The maximum absolute atomic E-state index is 5.08. The molecule has 0 saturated heterocycles. The van der Waals surface area contributed by atoms with Gasteiger partial charge in [0.05, 0.1) is 0 Å². The predicted octanol–water partition coefficient (Wildman–Crippen LogP) is 0.559. The van der Waals surface area contributed by atoms with Crippen LogP contribution in [0.5, 0.6) is 0 Å².